The minimum atomic E-state index is 0.589. The third-order valence-corrected chi connectivity index (χ3v) is 7.55. The standard InChI is InChI=1S/C26H50O/c1-3-5-7-9-12-23-14-16-25(17-15-23)13-10-22-27-26-20-18-24(19-21-26)11-8-6-4-2/h23-26H,3-22H2,1-2H3. The van der Waals surface area contributed by atoms with Gasteiger partial charge in [0.25, 0.3) is 0 Å². The van der Waals surface area contributed by atoms with Crippen molar-refractivity contribution in [1.29, 1.82) is 0 Å². The maximum atomic E-state index is 6.25. The Kier molecular flexibility index (Phi) is 12.8. The number of hydrogen-bond donors (Lipinski definition) is 0. The molecule has 0 saturated heterocycles. The van der Waals surface area contributed by atoms with Gasteiger partial charge >= 0.3 is 0 Å². The first-order chi connectivity index (χ1) is 13.3. The normalized spacial score (nSPS) is 29.1. The molecular formula is C26H50O. The van der Waals surface area contributed by atoms with Crippen LogP contribution in [0.25, 0.3) is 0 Å². The van der Waals surface area contributed by atoms with Gasteiger partial charge in [0, 0.05) is 6.61 Å². The fraction of sp³-hybridized carbons (Fsp3) is 1.00. The molecule has 2 saturated carbocycles. The molecule has 0 N–H and O–H groups in total. The number of unbranched alkanes of at least 4 members (excludes halogenated alkanes) is 5. The van der Waals surface area contributed by atoms with Crippen LogP contribution in [-0.4, -0.2) is 12.7 Å². The van der Waals surface area contributed by atoms with Crippen LogP contribution in [-0.2, 0) is 4.74 Å². The van der Waals surface area contributed by atoms with Crippen LogP contribution in [0.15, 0.2) is 0 Å². The quantitative estimate of drug-likeness (QED) is 0.275. The monoisotopic (exact) mass is 378 g/mol. The summed E-state index contributed by atoms with van der Waals surface area (Å²) >= 11 is 0. The summed E-state index contributed by atoms with van der Waals surface area (Å²) in [6, 6.07) is 0. The van der Waals surface area contributed by atoms with Gasteiger partial charge < -0.3 is 4.74 Å². The predicted octanol–water partition coefficient (Wildman–Crippen LogP) is 8.70. The minimum Gasteiger partial charge on any atom is -0.378 e. The van der Waals surface area contributed by atoms with Crippen molar-refractivity contribution in [2.24, 2.45) is 17.8 Å². The summed E-state index contributed by atoms with van der Waals surface area (Å²) in [5, 5.41) is 0. The van der Waals surface area contributed by atoms with Crippen LogP contribution in [0.2, 0.25) is 0 Å². The van der Waals surface area contributed by atoms with Gasteiger partial charge in [-0.2, -0.15) is 0 Å². The van der Waals surface area contributed by atoms with Gasteiger partial charge in [-0.1, -0.05) is 97.3 Å². The Hall–Kier alpha value is -0.0400. The highest BCUT2D eigenvalue weighted by molar-refractivity contribution is 4.74. The second-order valence-corrected chi connectivity index (χ2v) is 9.89. The molecule has 0 heterocycles. The van der Waals surface area contributed by atoms with Crippen molar-refractivity contribution in [3.05, 3.63) is 0 Å². The van der Waals surface area contributed by atoms with Crippen LogP contribution in [0.1, 0.15) is 136 Å². The molecule has 0 spiro atoms. The molecule has 2 rings (SSSR count). The van der Waals surface area contributed by atoms with Gasteiger partial charge in [0.1, 0.15) is 0 Å². The number of ether oxygens (including phenoxy) is 1. The molecule has 1 heteroatoms. The average molecular weight is 379 g/mol. The van der Waals surface area contributed by atoms with Gasteiger partial charge in [-0.05, 0) is 56.3 Å². The molecule has 0 amide bonds. The molecule has 1 nitrogen and oxygen atoms in total. The molecule has 0 aromatic heterocycles. The minimum absolute atomic E-state index is 0.589. The van der Waals surface area contributed by atoms with E-state index < -0.39 is 0 Å². The predicted molar refractivity (Wildman–Crippen MR) is 119 cm³/mol. The SMILES string of the molecule is CCCCCCC1CCC(CCCOC2CCC(CCCCC)CC2)CC1. The lowest BCUT2D eigenvalue weighted by molar-refractivity contribution is 0.0131. The third-order valence-electron chi connectivity index (χ3n) is 7.55. The zero-order valence-electron chi connectivity index (χ0n) is 18.9. The smallest absolute Gasteiger partial charge is 0.0575 e. The maximum absolute atomic E-state index is 6.25. The molecule has 0 bridgehead atoms. The Morgan fingerprint density at radius 3 is 1.52 bits per heavy atom. The third kappa shape index (κ3) is 10.3. The number of rotatable bonds is 14. The van der Waals surface area contributed by atoms with Gasteiger partial charge in [-0.15, -0.1) is 0 Å². The van der Waals surface area contributed by atoms with E-state index >= 15 is 0 Å². The van der Waals surface area contributed by atoms with E-state index in [1.807, 2.05) is 0 Å². The lowest BCUT2D eigenvalue weighted by Gasteiger charge is -2.30. The zero-order chi connectivity index (χ0) is 19.2. The van der Waals surface area contributed by atoms with Gasteiger partial charge in [-0.25, -0.2) is 0 Å². The molecule has 0 unspecified atom stereocenters. The van der Waals surface area contributed by atoms with E-state index in [1.54, 1.807) is 0 Å². The van der Waals surface area contributed by atoms with E-state index in [0.717, 1.165) is 24.4 Å². The van der Waals surface area contributed by atoms with E-state index in [2.05, 4.69) is 13.8 Å². The fourth-order valence-electron chi connectivity index (χ4n) is 5.56. The number of hydrogen-bond acceptors (Lipinski definition) is 1. The zero-order valence-corrected chi connectivity index (χ0v) is 18.9. The van der Waals surface area contributed by atoms with Crippen molar-refractivity contribution in [1.82, 2.24) is 0 Å². The van der Waals surface area contributed by atoms with E-state index in [1.165, 1.54) is 122 Å². The summed E-state index contributed by atoms with van der Waals surface area (Å²) in [6.07, 6.45) is 27.9. The van der Waals surface area contributed by atoms with Crippen molar-refractivity contribution in [2.75, 3.05) is 6.61 Å². The van der Waals surface area contributed by atoms with E-state index in [9.17, 15) is 0 Å². The highest BCUT2D eigenvalue weighted by Crippen LogP contribution is 2.34. The summed E-state index contributed by atoms with van der Waals surface area (Å²) in [5.74, 6) is 3.07. The maximum Gasteiger partial charge on any atom is 0.0575 e. The molecule has 0 aliphatic heterocycles. The Bertz CT molecular complexity index is 323. The lowest BCUT2D eigenvalue weighted by Crippen LogP contribution is -2.22. The van der Waals surface area contributed by atoms with Crippen molar-refractivity contribution >= 4 is 0 Å². The second kappa shape index (κ2) is 14.9. The van der Waals surface area contributed by atoms with Crippen LogP contribution < -0.4 is 0 Å². The molecule has 0 aromatic rings. The molecule has 0 aromatic carbocycles. The van der Waals surface area contributed by atoms with Crippen molar-refractivity contribution in [3.8, 4) is 0 Å². The van der Waals surface area contributed by atoms with Gasteiger partial charge in [-0.3, -0.25) is 0 Å². The van der Waals surface area contributed by atoms with Crippen LogP contribution >= 0.6 is 0 Å². The van der Waals surface area contributed by atoms with E-state index in [4.69, 9.17) is 4.74 Å². The molecular weight excluding hydrogens is 328 g/mol. The van der Waals surface area contributed by atoms with Gasteiger partial charge in [0.05, 0.1) is 6.10 Å². The first-order valence-corrected chi connectivity index (χ1v) is 12.9. The van der Waals surface area contributed by atoms with Gasteiger partial charge in [0.2, 0.25) is 0 Å². The average Bonchev–Trinajstić information content (AvgIpc) is 2.71. The lowest BCUT2D eigenvalue weighted by atomic mass is 9.78. The summed E-state index contributed by atoms with van der Waals surface area (Å²) in [6.45, 7) is 5.65. The molecule has 160 valence electrons. The summed E-state index contributed by atoms with van der Waals surface area (Å²) in [4.78, 5) is 0. The van der Waals surface area contributed by atoms with Crippen molar-refractivity contribution in [2.45, 2.75) is 142 Å². The molecule has 2 aliphatic rings. The highest BCUT2D eigenvalue weighted by atomic mass is 16.5. The molecule has 27 heavy (non-hydrogen) atoms. The second-order valence-electron chi connectivity index (χ2n) is 9.89. The van der Waals surface area contributed by atoms with Crippen LogP contribution in [0.4, 0.5) is 0 Å². The van der Waals surface area contributed by atoms with E-state index in [0.29, 0.717) is 6.10 Å². The topological polar surface area (TPSA) is 9.23 Å². The molecule has 0 atom stereocenters. The van der Waals surface area contributed by atoms with E-state index in [-0.39, 0.29) is 0 Å². The van der Waals surface area contributed by atoms with Gasteiger partial charge in [0.15, 0.2) is 0 Å². The Morgan fingerprint density at radius 2 is 0.963 bits per heavy atom. The van der Waals surface area contributed by atoms with Crippen LogP contribution in [0.3, 0.4) is 0 Å². The molecule has 2 fully saturated rings. The molecule has 0 radical (unpaired) electrons. The van der Waals surface area contributed by atoms with Crippen molar-refractivity contribution in [3.63, 3.8) is 0 Å². The highest BCUT2D eigenvalue weighted by Gasteiger charge is 2.22. The fourth-order valence-corrected chi connectivity index (χ4v) is 5.56. The Morgan fingerprint density at radius 1 is 0.519 bits per heavy atom. The molecule has 2 aliphatic carbocycles. The largest absolute Gasteiger partial charge is 0.378 e. The summed E-state index contributed by atoms with van der Waals surface area (Å²) < 4.78 is 6.25. The van der Waals surface area contributed by atoms with Crippen LogP contribution in [0.5, 0.6) is 0 Å². The summed E-state index contributed by atoms with van der Waals surface area (Å²) in [7, 11) is 0. The first-order valence-electron chi connectivity index (χ1n) is 12.9. The Labute approximate surface area is 171 Å². The summed E-state index contributed by atoms with van der Waals surface area (Å²) in [5.41, 5.74) is 0. The first kappa shape index (κ1) is 23.2. The van der Waals surface area contributed by atoms with Crippen LogP contribution in [0, 0.1) is 17.8 Å². The Balaban J connectivity index is 1.42. The van der Waals surface area contributed by atoms with Crippen molar-refractivity contribution < 1.29 is 4.74 Å².